The van der Waals surface area contributed by atoms with Gasteiger partial charge in [0.05, 0.1) is 6.04 Å². The van der Waals surface area contributed by atoms with Crippen molar-refractivity contribution in [3.63, 3.8) is 0 Å². The zero-order chi connectivity index (χ0) is 23.1. The predicted molar refractivity (Wildman–Crippen MR) is 117 cm³/mol. The van der Waals surface area contributed by atoms with Gasteiger partial charge in [0.2, 0.25) is 11.8 Å². The van der Waals surface area contributed by atoms with Gasteiger partial charge in [-0.3, -0.25) is 14.5 Å². The highest BCUT2D eigenvalue weighted by molar-refractivity contribution is 5.89. The zero-order valence-corrected chi connectivity index (χ0v) is 18.1. The second-order valence-corrected chi connectivity index (χ2v) is 8.12. The van der Waals surface area contributed by atoms with E-state index in [9.17, 15) is 18.4 Å². The van der Waals surface area contributed by atoms with Gasteiger partial charge in [-0.2, -0.15) is 0 Å². The normalized spacial score (nSPS) is 16.2. The molecule has 1 saturated heterocycles. The first-order valence-electron chi connectivity index (χ1n) is 10.8. The van der Waals surface area contributed by atoms with Gasteiger partial charge in [-0.05, 0) is 62.2 Å². The molecule has 0 spiro atoms. The van der Waals surface area contributed by atoms with Gasteiger partial charge in [0.1, 0.15) is 23.5 Å². The van der Waals surface area contributed by atoms with E-state index in [-0.39, 0.29) is 24.4 Å². The summed E-state index contributed by atoms with van der Waals surface area (Å²) in [6.07, 6.45) is 4.70. The number of hydrogen-bond acceptors (Lipinski definition) is 5. The van der Waals surface area contributed by atoms with Crippen LogP contribution in [0.3, 0.4) is 0 Å². The highest BCUT2D eigenvalue weighted by atomic mass is 19.1. The largest absolute Gasteiger partial charge is 0.384 e. The summed E-state index contributed by atoms with van der Waals surface area (Å²) in [5.74, 6) is -1.85. The molecule has 2 amide bonds. The number of aromatic nitrogens is 1. The predicted octanol–water partition coefficient (Wildman–Crippen LogP) is 2.16. The maximum Gasteiger partial charge on any atom is 0.243 e. The Balaban J connectivity index is 1.70. The highest BCUT2D eigenvalue weighted by Crippen LogP contribution is 2.14. The fourth-order valence-electron chi connectivity index (χ4n) is 3.79. The van der Waals surface area contributed by atoms with Crippen LogP contribution in [0.4, 0.5) is 14.6 Å². The summed E-state index contributed by atoms with van der Waals surface area (Å²) in [6.45, 7) is 3.63. The van der Waals surface area contributed by atoms with E-state index in [1.54, 1.807) is 25.3 Å². The van der Waals surface area contributed by atoms with Crippen LogP contribution in [-0.2, 0) is 22.6 Å². The number of likely N-dealkylation sites (tertiary alicyclic amines) is 1. The Morgan fingerprint density at radius 3 is 2.38 bits per heavy atom. The molecule has 1 aromatic carbocycles. The number of halogens is 2. The molecule has 0 radical (unpaired) electrons. The Kier molecular flexibility index (Phi) is 8.10. The number of nitrogens with one attached hydrogen (secondary N) is 2. The fourth-order valence-corrected chi connectivity index (χ4v) is 3.79. The average molecular weight is 446 g/mol. The minimum absolute atomic E-state index is 0.0427. The maximum absolute atomic E-state index is 13.7. The number of amides is 2. The maximum atomic E-state index is 13.7. The molecule has 2 heterocycles. The van der Waals surface area contributed by atoms with Crippen molar-refractivity contribution in [3.8, 4) is 0 Å². The average Bonchev–Trinajstić information content (AvgIpc) is 2.77. The van der Waals surface area contributed by atoms with E-state index in [1.165, 1.54) is 0 Å². The highest BCUT2D eigenvalue weighted by Gasteiger charge is 2.28. The number of pyridine rings is 1. The molecule has 1 aliphatic heterocycles. The molecular formula is C23H29F2N5O2. The number of hydrogen-bond donors (Lipinski definition) is 3. The van der Waals surface area contributed by atoms with Crippen molar-refractivity contribution >= 4 is 17.6 Å². The SMILES string of the molecule is CC(C(=O)N[C@@H](Cc1cc(F)cc(F)c1)C(=O)NCc1ccc(N)nc1)N1CCCCC1. The Morgan fingerprint density at radius 2 is 1.75 bits per heavy atom. The third-order valence-electron chi connectivity index (χ3n) is 5.63. The van der Waals surface area contributed by atoms with Crippen molar-refractivity contribution in [2.75, 3.05) is 18.8 Å². The van der Waals surface area contributed by atoms with E-state index < -0.39 is 29.6 Å². The summed E-state index contributed by atoms with van der Waals surface area (Å²) in [5, 5.41) is 5.53. The van der Waals surface area contributed by atoms with Crippen LogP contribution in [0.1, 0.15) is 37.3 Å². The molecule has 0 bridgehead atoms. The quantitative estimate of drug-likeness (QED) is 0.578. The first-order valence-corrected chi connectivity index (χ1v) is 10.8. The number of nitrogen functional groups attached to an aromatic ring is 1. The van der Waals surface area contributed by atoms with Gasteiger partial charge < -0.3 is 16.4 Å². The number of benzene rings is 1. The smallest absolute Gasteiger partial charge is 0.243 e. The van der Waals surface area contributed by atoms with Crippen molar-refractivity contribution in [2.24, 2.45) is 0 Å². The second-order valence-electron chi connectivity index (χ2n) is 8.12. The molecule has 2 aromatic rings. The Hall–Kier alpha value is -3.07. The van der Waals surface area contributed by atoms with Crippen LogP contribution >= 0.6 is 0 Å². The summed E-state index contributed by atoms with van der Waals surface area (Å²) in [7, 11) is 0. The van der Waals surface area contributed by atoms with Gasteiger partial charge in [0.15, 0.2) is 0 Å². The molecule has 3 rings (SSSR count). The lowest BCUT2D eigenvalue weighted by Gasteiger charge is -2.32. The summed E-state index contributed by atoms with van der Waals surface area (Å²) >= 11 is 0. The summed E-state index contributed by atoms with van der Waals surface area (Å²) in [5.41, 5.74) is 6.59. The van der Waals surface area contributed by atoms with Gasteiger partial charge in [-0.25, -0.2) is 13.8 Å². The Bertz CT molecular complexity index is 912. The lowest BCUT2D eigenvalue weighted by Crippen LogP contribution is -2.54. The first kappa shape index (κ1) is 23.6. The van der Waals surface area contributed by atoms with Crippen LogP contribution in [-0.4, -0.2) is 46.9 Å². The number of carbonyl (C=O) groups excluding carboxylic acids is 2. The van der Waals surface area contributed by atoms with E-state index in [0.29, 0.717) is 5.82 Å². The minimum atomic E-state index is -0.988. The molecule has 2 atom stereocenters. The van der Waals surface area contributed by atoms with Gasteiger partial charge in [0, 0.05) is 25.2 Å². The monoisotopic (exact) mass is 445 g/mol. The molecule has 4 N–H and O–H groups in total. The molecule has 0 aliphatic carbocycles. The second kappa shape index (κ2) is 11.0. The van der Waals surface area contributed by atoms with Gasteiger partial charge in [-0.15, -0.1) is 0 Å². The lowest BCUT2D eigenvalue weighted by atomic mass is 10.0. The fraction of sp³-hybridized carbons (Fsp3) is 0.435. The number of piperidine rings is 1. The van der Waals surface area contributed by atoms with Crippen LogP contribution in [0, 0.1) is 11.6 Å². The van der Waals surface area contributed by atoms with Crippen molar-refractivity contribution in [1.82, 2.24) is 20.5 Å². The summed E-state index contributed by atoms with van der Waals surface area (Å²) in [4.78, 5) is 31.9. The zero-order valence-electron chi connectivity index (χ0n) is 18.1. The molecule has 1 aromatic heterocycles. The van der Waals surface area contributed by atoms with Crippen molar-refractivity contribution < 1.29 is 18.4 Å². The topological polar surface area (TPSA) is 100 Å². The van der Waals surface area contributed by atoms with E-state index in [2.05, 4.69) is 20.5 Å². The summed E-state index contributed by atoms with van der Waals surface area (Å²) in [6, 6.07) is 5.05. The van der Waals surface area contributed by atoms with Crippen LogP contribution in [0.2, 0.25) is 0 Å². The molecule has 172 valence electrons. The number of anilines is 1. The van der Waals surface area contributed by atoms with E-state index in [4.69, 9.17) is 5.73 Å². The van der Waals surface area contributed by atoms with E-state index >= 15 is 0 Å². The molecule has 9 heteroatoms. The Morgan fingerprint density at radius 1 is 1.06 bits per heavy atom. The van der Waals surface area contributed by atoms with Crippen LogP contribution in [0.25, 0.3) is 0 Å². The molecule has 7 nitrogen and oxygen atoms in total. The van der Waals surface area contributed by atoms with Crippen LogP contribution in [0.15, 0.2) is 36.5 Å². The van der Waals surface area contributed by atoms with Crippen molar-refractivity contribution in [2.45, 2.75) is 51.2 Å². The van der Waals surface area contributed by atoms with E-state index in [0.717, 1.165) is 56.1 Å². The lowest BCUT2D eigenvalue weighted by molar-refractivity contribution is -0.132. The molecule has 32 heavy (non-hydrogen) atoms. The van der Waals surface area contributed by atoms with E-state index in [1.807, 2.05) is 0 Å². The minimum Gasteiger partial charge on any atom is -0.384 e. The van der Waals surface area contributed by atoms with Crippen LogP contribution in [0.5, 0.6) is 0 Å². The third kappa shape index (κ3) is 6.71. The number of carbonyl (C=O) groups is 2. The van der Waals surface area contributed by atoms with Gasteiger partial charge >= 0.3 is 0 Å². The summed E-state index contributed by atoms with van der Waals surface area (Å²) < 4.78 is 27.3. The molecule has 1 unspecified atom stereocenters. The number of nitrogens with zero attached hydrogens (tertiary/aromatic N) is 2. The van der Waals surface area contributed by atoms with Crippen LogP contribution < -0.4 is 16.4 Å². The Labute approximate surface area is 186 Å². The van der Waals surface area contributed by atoms with Gasteiger partial charge in [-0.1, -0.05) is 12.5 Å². The molecule has 0 saturated carbocycles. The number of rotatable bonds is 8. The first-order chi connectivity index (χ1) is 15.3. The molecule has 1 aliphatic rings. The standard InChI is InChI=1S/C23H29F2N5O2/c1-15(30-7-3-2-4-8-30)22(31)29-20(11-17-9-18(24)12-19(25)10-17)23(32)28-14-16-5-6-21(26)27-13-16/h5-6,9-10,12-13,15,20H,2-4,7-8,11,14H2,1H3,(H2,26,27)(H,28,32)(H,29,31)/t15?,20-/m0/s1. The number of nitrogens with two attached hydrogens (primary N) is 1. The third-order valence-corrected chi connectivity index (χ3v) is 5.63. The van der Waals surface area contributed by atoms with Crippen molar-refractivity contribution in [1.29, 1.82) is 0 Å². The molecular weight excluding hydrogens is 416 g/mol. The van der Waals surface area contributed by atoms with Crippen molar-refractivity contribution in [3.05, 3.63) is 59.3 Å². The van der Waals surface area contributed by atoms with Gasteiger partial charge in [0.25, 0.3) is 0 Å². The molecule has 1 fully saturated rings.